The molecule has 0 atom stereocenters. The van der Waals surface area contributed by atoms with Gasteiger partial charge < -0.3 is 4.74 Å². The van der Waals surface area contributed by atoms with Crippen LogP contribution in [0.1, 0.15) is 21.1 Å². The average molecular weight is 355 g/mol. The zero-order valence-corrected chi connectivity index (χ0v) is 14.5. The Balaban J connectivity index is 2.02. The monoisotopic (exact) mass is 355 g/mol. The second-order valence-corrected chi connectivity index (χ2v) is 8.03. The highest BCUT2D eigenvalue weighted by molar-refractivity contribution is 7.89. The number of rotatable bonds is 3. The Kier molecular flexibility index (Phi) is 4.37. The van der Waals surface area contributed by atoms with Crippen molar-refractivity contribution in [3.63, 3.8) is 0 Å². The minimum atomic E-state index is -3.68. The van der Waals surface area contributed by atoms with Crippen molar-refractivity contribution in [1.82, 2.24) is 14.1 Å². The molecule has 1 aliphatic rings. The Morgan fingerprint density at radius 1 is 1.30 bits per heavy atom. The van der Waals surface area contributed by atoms with E-state index in [9.17, 15) is 13.2 Å². The van der Waals surface area contributed by atoms with E-state index in [1.165, 1.54) is 20.3 Å². The highest BCUT2D eigenvalue weighted by atomic mass is 32.2. The lowest BCUT2D eigenvalue weighted by Gasteiger charge is -2.26. The van der Waals surface area contributed by atoms with E-state index in [-0.39, 0.29) is 10.8 Å². The maximum atomic E-state index is 12.9. The molecule has 7 nitrogen and oxygen atoms in total. The molecule has 0 radical (unpaired) electrons. The van der Waals surface area contributed by atoms with E-state index in [2.05, 4.69) is 5.10 Å². The molecule has 124 valence electrons. The number of hydrogen-bond donors (Lipinski definition) is 0. The number of aromatic nitrogens is 2. The van der Waals surface area contributed by atoms with Crippen LogP contribution in [0.15, 0.2) is 22.4 Å². The van der Waals surface area contributed by atoms with Gasteiger partial charge in [-0.3, -0.25) is 4.79 Å². The van der Waals surface area contributed by atoms with Crippen molar-refractivity contribution in [1.29, 1.82) is 0 Å². The summed E-state index contributed by atoms with van der Waals surface area (Å²) in [5.74, 6) is -0.316. The molecule has 0 amide bonds. The number of thiophene rings is 1. The van der Waals surface area contributed by atoms with E-state index >= 15 is 0 Å². The standard InChI is InChI=1S/C14H17N3O4S2/c1-10-13(23(19,20)16-5-7-21-8-6-16)11(2)17(15-10)14(18)12-4-3-9-22-12/h3-4,9H,5-8H2,1-2H3. The van der Waals surface area contributed by atoms with Crippen LogP contribution in [0.3, 0.4) is 0 Å². The van der Waals surface area contributed by atoms with Crippen molar-refractivity contribution in [3.05, 3.63) is 33.8 Å². The molecule has 3 heterocycles. The third-order valence-corrected chi connectivity index (χ3v) is 6.73. The first-order valence-electron chi connectivity index (χ1n) is 7.15. The van der Waals surface area contributed by atoms with Crippen molar-refractivity contribution in [2.45, 2.75) is 18.7 Å². The van der Waals surface area contributed by atoms with Crippen LogP contribution in [0.5, 0.6) is 0 Å². The summed E-state index contributed by atoms with van der Waals surface area (Å²) in [4.78, 5) is 13.1. The fraction of sp³-hybridized carbons (Fsp3) is 0.429. The molecule has 1 saturated heterocycles. The van der Waals surface area contributed by atoms with Crippen LogP contribution in [-0.4, -0.2) is 54.7 Å². The molecular formula is C14H17N3O4S2. The van der Waals surface area contributed by atoms with Gasteiger partial charge in [-0.2, -0.15) is 14.1 Å². The summed E-state index contributed by atoms with van der Waals surface area (Å²) in [6.07, 6.45) is 0. The third-order valence-electron chi connectivity index (χ3n) is 3.72. The van der Waals surface area contributed by atoms with E-state index in [1.54, 1.807) is 31.4 Å². The van der Waals surface area contributed by atoms with E-state index in [0.717, 1.165) is 0 Å². The first-order valence-corrected chi connectivity index (χ1v) is 9.47. The van der Waals surface area contributed by atoms with Crippen molar-refractivity contribution in [2.24, 2.45) is 0 Å². The Hall–Kier alpha value is -1.55. The molecule has 3 rings (SSSR count). The summed E-state index contributed by atoms with van der Waals surface area (Å²) in [5, 5.41) is 5.96. The largest absolute Gasteiger partial charge is 0.379 e. The number of carbonyl (C=O) groups is 1. The minimum absolute atomic E-state index is 0.115. The molecule has 9 heteroatoms. The van der Waals surface area contributed by atoms with Crippen LogP contribution < -0.4 is 0 Å². The predicted octanol–water partition coefficient (Wildman–Crippen LogP) is 1.27. The molecule has 1 fully saturated rings. The van der Waals surface area contributed by atoms with Gasteiger partial charge in [0.1, 0.15) is 4.90 Å². The fourth-order valence-corrected chi connectivity index (χ4v) is 5.03. The minimum Gasteiger partial charge on any atom is -0.379 e. The summed E-state index contributed by atoms with van der Waals surface area (Å²) in [6, 6.07) is 3.47. The lowest BCUT2D eigenvalue weighted by molar-refractivity contribution is 0.0730. The summed E-state index contributed by atoms with van der Waals surface area (Å²) < 4.78 is 33.5. The Labute approximate surface area is 138 Å². The van der Waals surface area contributed by atoms with E-state index in [4.69, 9.17) is 4.74 Å². The quantitative estimate of drug-likeness (QED) is 0.828. The van der Waals surface area contributed by atoms with Crippen molar-refractivity contribution < 1.29 is 17.9 Å². The average Bonchev–Trinajstić information content (AvgIpc) is 3.16. The number of morpholine rings is 1. The van der Waals surface area contributed by atoms with Gasteiger partial charge in [-0.15, -0.1) is 11.3 Å². The molecule has 1 aliphatic heterocycles. The first kappa shape index (κ1) is 16.3. The number of ether oxygens (including phenoxy) is 1. The van der Waals surface area contributed by atoms with E-state index < -0.39 is 10.0 Å². The van der Waals surface area contributed by atoms with Gasteiger partial charge in [0.25, 0.3) is 5.91 Å². The van der Waals surface area contributed by atoms with Gasteiger partial charge >= 0.3 is 0 Å². The van der Waals surface area contributed by atoms with Gasteiger partial charge in [0.05, 0.1) is 29.5 Å². The van der Waals surface area contributed by atoms with Crippen LogP contribution in [0.25, 0.3) is 0 Å². The topological polar surface area (TPSA) is 81.5 Å². The second kappa shape index (κ2) is 6.16. The van der Waals surface area contributed by atoms with Gasteiger partial charge in [0.15, 0.2) is 0 Å². The predicted molar refractivity (Wildman–Crippen MR) is 85.3 cm³/mol. The molecule has 0 aliphatic carbocycles. The molecule has 0 spiro atoms. The smallest absolute Gasteiger partial charge is 0.288 e. The zero-order valence-electron chi connectivity index (χ0n) is 12.9. The van der Waals surface area contributed by atoms with Gasteiger partial charge in [0.2, 0.25) is 10.0 Å². The fourth-order valence-electron chi connectivity index (χ4n) is 2.62. The van der Waals surface area contributed by atoms with Crippen molar-refractivity contribution in [2.75, 3.05) is 26.3 Å². The SMILES string of the molecule is Cc1nn(C(=O)c2cccs2)c(C)c1S(=O)(=O)N1CCOCC1. The van der Waals surface area contributed by atoms with Crippen LogP contribution in [-0.2, 0) is 14.8 Å². The highest BCUT2D eigenvalue weighted by Gasteiger charge is 2.33. The van der Waals surface area contributed by atoms with Gasteiger partial charge in [-0.25, -0.2) is 8.42 Å². The number of carbonyl (C=O) groups excluding carboxylic acids is 1. The van der Waals surface area contributed by atoms with Gasteiger partial charge in [0, 0.05) is 13.1 Å². The Bertz CT molecular complexity index is 819. The van der Waals surface area contributed by atoms with Crippen molar-refractivity contribution >= 4 is 27.3 Å². The maximum absolute atomic E-state index is 12.9. The molecular weight excluding hydrogens is 338 g/mol. The van der Waals surface area contributed by atoms with Crippen LogP contribution in [0, 0.1) is 13.8 Å². The van der Waals surface area contributed by atoms with E-state index in [0.29, 0.717) is 42.6 Å². The summed E-state index contributed by atoms with van der Waals surface area (Å²) in [5.41, 5.74) is 0.672. The number of hydrogen-bond acceptors (Lipinski definition) is 6. The van der Waals surface area contributed by atoms with Gasteiger partial charge in [-0.05, 0) is 25.3 Å². The lowest BCUT2D eigenvalue weighted by atomic mass is 10.4. The van der Waals surface area contributed by atoms with Crippen LogP contribution in [0.2, 0.25) is 0 Å². The molecule has 0 unspecified atom stereocenters. The molecule has 23 heavy (non-hydrogen) atoms. The van der Waals surface area contributed by atoms with E-state index in [1.807, 2.05) is 0 Å². The number of aryl methyl sites for hydroxylation is 1. The molecule has 0 bridgehead atoms. The van der Waals surface area contributed by atoms with Crippen LogP contribution in [0.4, 0.5) is 0 Å². The maximum Gasteiger partial charge on any atom is 0.288 e. The highest BCUT2D eigenvalue weighted by Crippen LogP contribution is 2.25. The molecule has 0 N–H and O–H groups in total. The normalized spacial score (nSPS) is 16.6. The van der Waals surface area contributed by atoms with Gasteiger partial charge in [-0.1, -0.05) is 6.07 Å². The molecule has 0 aromatic carbocycles. The summed E-state index contributed by atoms with van der Waals surface area (Å²) in [7, 11) is -3.68. The lowest BCUT2D eigenvalue weighted by Crippen LogP contribution is -2.41. The van der Waals surface area contributed by atoms with Crippen molar-refractivity contribution in [3.8, 4) is 0 Å². The summed E-state index contributed by atoms with van der Waals surface area (Å²) >= 11 is 1.30. The Morgan fingerprint density at radius 3 is 2.61 bits per heavy atom. The second-order valence-electron chi connectivity index (χ2n) is 5.21. The molecule has 2 aromatic heterocycles. The number of nitrogens with zero attached hydrogens (tertiary/aromatic N) is 3. The first-order chi connectivity index (χ1) is 10.9. The summed E-state index contributed by atoms with van der Waals surface area (Å²) in [6.45, 7) is 4.59. The molecule has 2 aromatic rings. The third kappa shape index (κ3) is 2.85. The Morgan fingerprint density at radius 2 is 2.00 bits per heavy atom. The molecule has 0 saturated carbocycles. The van der Waals surface area contributed by atoms with Crippen LogP contribution >= 0.6 is 11.3 Å². The number of sulfonamides is 1. The zero-order chi connectivity index (χ0) is 16.6.